The average molecular weight is 638 g/mol. The lowest BCUT2D eigenvalue weighted by Crippen LogP contribution is -1.96. The highest BCUT2D eigenvalue weighted by molar-refractivity contribution is 5.96. The molecule has 0 saturated carbocycles. The van der Waals surface area contributed by atoms with Gasteiger partial charge in [0, 0.05) is 40.0 Å². The first-order valence-electron chi connectivity index (χ1n) is 16.8. The maximum Gasteiger partial charge on any atom is 0.160 e. The number of aromatic nitrogens is 3. The Hall–Kier alpha value is -6.71. The van der Waals surface area contributed by atoms with Crippen LogP contribution in [-0.2, 0) is 0 Å². The summed E-state index contributed by atoms with van der Waals surface area (Å²) >= 11 is 0. The molecule has 0 fully saturated rings. The van der Waals surface area contributed by atoms with Crippen LogP contribution >= 0.6 is 0 Å². The average Bonchev–Trinajstić information content (AvgIpc) is 3.21. The maximum absolute atomic E-state index is 5.16. The molecular formula is C47H31N3. The molecule has 3 heteroatoms. The third-order valence-corrected chi connectivity index (χ3v) is 9.38. The Morgan fingerprint density at radius 1 is 0.300 bits per heavy atom. The van der Waals surface area contributed by atoms with Crippen LogP contribution < -0.4 is 0 Å². The molecule has 0 aliphatic rings. The quantitative estimate of drug-likeness (QED) is 0.182. The van der Waals surface area contributed by atoms with Gasteiger partial charge in [-0.2, -0.15) is 0 Å². The molecule has 0 radical (unpaired) electrons. The summed E-state index contributed by atoms with van der Waals surface area (Å²) < 4.78 is 0. The Bertz CT molecular complexity index is 2620. The fourth-order valence-corrected chi connectivity index (χ4v) is 6.71. The zero-order chi connectivity index (χ0) is 33.3. The minimum Gasteiger partial charge on any atom is -0.263 e. The lowest BCUT2D eigenvalue weighted by molar-refractivity contribution is 1.18. The molecule has 9 rings (SSSR count). The Labute approximate surface area is 291 Å². The standard InChI is InChI=1S/C47H31N3/c1-2-9-32(10-3-1)39-14-8-15-41(28-39)46-29-45(36-22-20-35(21-23-36)44-31-48-30-42-13-6-7-16-43(42)44)49-47(50-46)37-24-17-34(18-25-37)40-26-19-33-11-4-5-12-38(33)27-40/h1-31H. The molecule has 9 aromatic rings. The highest BCUT2D eigenvalue weighted by Gasteiger charge is 2.13. The summed E-state index contributed by atoms with van der Waals surface area (Å²) in [5.41, 5.74) is 11.7. The summed E-state index contributed by atoms with van der Waals surface area (Å²) in [5, 5.41) is 4.79. The van der Waals surface area contributed by atoms with Crippen molar-refractivity contribution < 1.29 is 0 Å². The van der Waals surface area contributed by atoms with E-state index in [2.05, 4.69) is 169 Å². The third kappa shape index (κ3) is 5.72. The van der Waals surface area contributed by atoms with Crippen molar-refractivity contribution in [2.45, 2.75) is 0 Å². The first-order valence-corrected chi connectivity index (χ1v) is 16.8. The summed E-state index contributed by atoms with van der Waals surface area (Å²) in [7, 11) is 0. The molecular weight excluding hydrogens is 607 g/mol. The molecule has 0 unspecified atom stereocenters. The minimum absolute atomic E-state index is 0.690. The molecule has 0 aliphatic heterocycles. The van der Waals surface area contributed by atoms with Crippen molar-refractivity contribution in [3.8, 4) is 67.3 Å². The van der Waals surface area contributed by atoms with E-state index in [1.165, 1.54) is 27.3 Å². The van der Waals surface area contributed by atoms with Gasteiger partial charge in [0.1, 0.15) is 0 Å². The van der Waals surface area contributed by atoms with E-state index in [1.54, 1.807) is 0 Å². The summed E-state index contributed by atoms with van der Waals surface area (Å²) in [6, 6.07) is 61.8. The molecule has 0 spiro atoms. The normalized spacial score (nSPS) is 11.2. The Kier molecular flexibility index (Phi) is 7.49. The van der Waals surface area contributed by atoms with Crippen molar-refractivity contribution in [3.63, 3.8) is 0 Å². The van der Waals surface area contributed by atoms with Gasteiger partial charge in [0.15, 0.2) is 5.82 Å². The highest BCUT2D eigenvalue weighted by atomic mass is 14.9. The molecule has 0 amide bonds. The number of pyridine rings is 1. The summed E-state index contributed by atoms with van der Waals surface area (Å²) in [6.07, 6.45) is 3.86. The molecule has 0 atom stereocenters. The predicted octanol–water partition coefficient (Wildman–Crippen LogP) is 12.2. The van der Waals surface area contributed by atoms with Gasteiger partial charge in [-0.25, -0.2) is 9.97 Å². The second kappa shape index (κ2) is 12.7. The molecule has 234 valence electrons. The van der Waals surface area contributed by atoms with Crippen molar-refractivity contribution in [1.29, 1.82) is 0 Å². The second-order valence-corrected chi connectivity index (χ2v) is 12.5. The van der Waals surface area contributed by atoms with E-state index in [0.717, 1.165) is 55.7 Å². The molecule has 3 nitrogen and oxygen atoms in total. The lowest BCUT2D eigenvalue weighted by Gasteiger charge is -2.12. The number of hydrogen-bond donors (Lipinski definition) is 0. The molecule has 0 bridgehead atoms. The van der Waals surface area contributed by atoms with Crippen LogP contribution in [0.1, 0.15) is 0 Å². The van der Waals surface area contributed by atoms with E-state index in [0.29, 0.717) is 5.82 Å². The van der Waals surface area contributed by atoms with E-state index in [-0.39, 0.29) is 0 Å². The van der Waals surface area contributed by atoms with E-state index >= 15 is 0 Å². The molecule has 50 heavy (non-hydrogen) atoms. The maximum atomic E-state index is 5.16. The molecule has 0 N–H and O–H groups in total. The van der Waals surface area contributed by atoms with Crippen LogP contribution in [0.4, 0.5) is 0 Å². The number of rotatable bonds is 6. The minimum atomic E-state index is 0.690. The van der Waals surface area contributed by atoms with Gasteiger partial charge in [0.05, 0.1) is 11.4 Å². The van der Waals surface area contributed by atoms with Crippen LogP contribution in [0.25, 0.3) is 88.8 Å². The molecule has 0 saturated heterocycles. The summed E-state index contributed by atoms with van der Waals surface area (Å²) in [5.74, 6) is 0.690. The Balaban J connectivity index is 1.13. The first-order chi connectivity index (χ1) is 24.7. The second-order valence-electron chi connectivity index (χ2n) is 12.5. The van der Waals surface area contributed by atoms with Gasteiger partial charge >= 0.3 is 0 Å². The van der Waals surface area contributed by atoms with Crippen LogP contribution in [0.15, 0.2) is 188 Å². The van der Waals surface area contributed by atoms with Gasteiger partial charge in [-0.05, 0) is 62.2 Å². The fraction of sp³-hybridized carbons (Fsp3) is 0. The largest absolute Gasteiger partial charge is 0.263 e. The fourth-order valence-electron chi connectivity index (χ4n) is 6.71. The first kappa shape index (κ1) is 29.4. The number of benzene rings is 7. The van der Waals surface area contributed by atoms with Gasteiger partial charge in [0.2, 0.25) is 0 Å². The van der Waals surface area contributed by atoms with Crippen molar-refractivity contribution in [2.75, 3.05) is 0 Å². The smallest absolute Gasteiger partial charge is 0.160 e. The van der Waals surface area contributed by atoms with E-state index in [4.69, 9.17) is 9.97 Å². The van der Waals surface area contributed by atoms with Crippen molar-refractivity contribution in [3.05, 3.63) is 188 Å². The lowest BCUT2D eigenvalue weighted by atomic mass is 9.98. The predicted molar refractivity (Wildman–Crippen MR) is 207 cm³/mol. The van der Waals surface area contributed by atoms with Crippen molar-refractivity contribution in [1.82, 2.24) is 15.0 Å². The van der Waals surface area contributed by atoms with E-state index in [9.17, 15) is 0 Å². The molecule has 2 heterocycles. The zero-order valence-electron chi connectivity index (χ0n) is 27.2. The van der Waals surface area contributed by atoms with E-state index < -0.39 is 0 Å². The van der Waals surface area contributed by atoms with E-state index in [1.807, 2.05) is 24.5 Å². The third-order valence-electron chi connectivity index (χ3n) is 9.38. The molecule has 7 aromatic carbocycles. The van der Waals surface area contributed by atoms with Crippen molar-refractivity contribution in [2.24, 2.45) is 0 Å². The van der Waals surface area contributed by atoms with Crippen molar-refractivity contribution >= 4 is 21.5 Å². The monoisotopic (exact) mass is 637 g/mol. The van der Waals surface area contributed by atoms with Crippen LogP contribution in [-0.4, -0.2) is 15.0 Å². The topological polar surface area (TPSA) is 38.7 Å². The Morgan fingerprint density at radius 3 is 1.68 bits per heavy atom. The van der Waals surface area contributed by atoms with Gasteiger partial charge in [-0.3, -0.25) is 4.98 Å². The molecule has 0 aliphatic carbocycles. The number of hydrogen-bond acceptors (Lipinski definition) is 3. The van der Waals surface area contributed by atoms with Crippen LogP contribution in [0.5, 0.6) is 0 Å². The summed E-state index contributed by atoms with van der Waals surface area (Å²) in [6.45, 7) is 0. The highest BCUT2D eigenvalue weighted by Crippen LogP contribution is 2.34. The summed E-state index contributed by atoms with van der Waals surface area (Å²) in [4.78, 5) is 14.8. The van der Waals surface area contributed by atoms with Gasteiger partial charge in [-0.15, -0.1) is 0 Å². The van der Waals surface area contributed by atoms with Gasteiger partial charge in [0.25, 0.3) is 0 Å². The Morgan fingerprint density at radius 2 is 0.860 bits per heavy atom. The van der Waals surface area contributed by atoms with Gasteiger partial charge < -0.3 is 0 Å². The number of fused-ring (bicyclic) bond motifs is 2. The molecule has 2 aromatic heterocycles. The SMILES string of the molecule is c1ccc(-c2cccc(-c3cc(-c4ccc(-c5cncc6ccccc56)cc4)nc(-c4ccc(-c5ccc6ccccc6c5)cc4)n3)c2)cc1. The zero-order valence-corrected chi connectivity index (χ0v) is 27.2. The van der Waals surface area contributed by atoms with Crippen LogP contribution in [0.2, 0.25) is 0 Å². The van der Waals surface area contributed by atoms with Crippen LogP contribution in [0, 0.1) is 0 Å². The van der Waals surface area contributed by atoms with Crippen LogP contribution in [0.3, 0.4) is 0 Å². The van der Waals surface area contributed by atoms with Gasteiger partial charge in [-0.1, -0.05) is 158 Å². The number of nitrogens with zero attached hydrogens (tertiary/aromatic N) is 3.